The summed E-state index contributed by atoms with van der Waals surface area (Å²) >= 11 is 0. The average molecular weight is 468 g/mol. The molecule has 1 aromatic heterocycles. The summed E-state index contributed by atoms with van der Waals surface area (Å²) in [6.07, 6.45) is 0.666. The van der Waals surface area contributed by atoms with Crippen LogP contribution in [0.4, 0.5) is 5.69 Å². The van der Waals surface area contributed by atoms with Gasteiger partial charge in [-0.05, 0) is 42.5 Å². The number of hydrogen-bond donors (Lipinski definition) is 0. The summed E-state index contributed by atoms with van der Waals surface area (Å²) in [6.45, 7) is 5.26. The van der Waals surface area contributed by atoms with E-state index in [0.29, 0.717) is 17.5 Å². The van der Waals surface area contributed by atoms with E-state index in [-0.39, 0.29) is 5.78 Å². The van der Waals surface area contributed by atoms with Crippen molar-refractivity contribution >= 4 is 45.0 Å². The predicted octanol–water partition coefficient (Wildman–Crippen LogP) is 4.53. The summed E-state index contributed by atoms with van der Waals surface area (Å²) in [7, 11) is 0. The monoisotopic (exact) mass is 467 g/mol. The van der Waals surface area contributed by atoms with E-state index >= 15 is 0 Å². The fraction of sp³-hybridized carbons (Fsp3) is 0.250. The van der Waals surface area contributed by atoms with E-state index in [0.717, 1.165) is 71.6 Å². The van der Waals surface area contributed by atoms with Crippen molar-refractivity contribution in [2.24, 2.45) is 5.16 Å². The highest BCUT2D eigenvalue weighted by atomic mass is 16.7. The molecule has 0 bridgehead atoms. The SMILES string of the molecule is CC(=O)O/N=C1\CCn2c3ccc(C(=O)c4ccc(N5CCOCC5)cc4)cc3c3cccc1c32. The van der Waals surface area contributed by atoms with Crippen molar-refractivity contribution in [1.82, 2.24) is 4.57 Å². The standard InChI is InChI=1S/C28H25N3O4/c1-18(32)35-29-25-11-12-31-26-10-7-20(17-24(26)22-3-2-4-23(25)27(22)31)28(33)19-5-8-21(9-6-19)30-13-15-34-16-14-30/h2-10,17H,11-16H2,1H3/b29-25+. The van der Waals surface area contributed by atoms with E-state index in [1.54, 1.807) is 0 Å². The summed E-state index contributed by atoms with van der Waals surface area (Å²) in [5.41, 5.74) is 6.30. The smallest absolute Gasteiger partial charge is 0.331 e. The molecule has 0 atom stereocenters. The van der Waals surface area contributed by atoms with Crippen LogP contribution in [0, 0.1) is 0 Å². The number of oxime groups is 1. The first-order valence-corrected chi connectivity index (χ1v) is 11.9. The minimum atomic E-state index is -0.433. The van der Waals surface area contributed by atoms with Crippen LogP contribution in [0.1, 0.15) is 34.8 Å². The number of para-hydroxylation sites is 1. The van der Waals surface area contributed by atoms with E-state index in [9.17, 15) is 9.59 Å². The van der Waals surface area contributed by atoms with Gasteiger partial charge in [-0.25, -0.2) is 4.79 Å². The predicted molar refractivity (Wildman–Crippen MR) is 135 cm³/mol. The number of ether oxygens (including phenoxy) is 1. The van der Waals surface area contributed by atoms with Gasteiger partial charge in [0, 0.05) is 71.6 Å². The second-order valence-corrected chi connectivity index (χ2v) is 8.93. The summed E-state index contributed by atoms with van der Waals surface area (Å²) < 4.78 is 7.69. The first kappa shape index (κ1) is 21.6. The van der Waals surface area contributed by atoms with Crippen LogP contribution in [-0.2, 0) is 20.9 Å². The van der Waals surface area contributed by atoms with Crippen molar-refractivity contribution in [3.05, 3.63) is 77.4 Å². The van der Waals surface area contributed by atoms with Crippen LogP contribution >= 0.6 is 0 Å². The van der Waals surface area contributed by atoms with E-state index in [4.69, 9.17) is 9.57 Å². The average Bonchev–Trinajstić information content (AvgIpc) is 3.23. The number of nitrogens with zero attached hydrogens (tertiary/aromatic N) is 3. The molecular weight excluding hydrogens is 442 g/mol. The van der Waals surface area contributed by atoms with Crippen molar-refractivity contribution in [3.63, 3.8) is 0 Å². The Kier molecular flexibility index (Phi) is 5.34. The maximum atomic E-state index is 13.4. The van der Waals surface area contributed by atoms with Gasteiger partial charge in [-0.3, -0.25) is 4.79 Å². The summed E-state index contributed by atoms with van der Waals surface area (Å²) in [5, 5.41) is 6.19. The van der Waals surface area contributed by atoms with Crippen LogP contribution < -0.4 is 4.90 Å². The number of aryl methyl sites for hydroxylation is 1. The molecule has 0 saturated carbocycles. The van der Waals surface area contributed by atoms with Gasteiger partial charge in [0.25, 0.3) is 0 Å². The molecule has 6 rings (SSSR count). The normalized spacial score (nSPS) is 16.7. The Morgan fingerprint density at radius 3 is 2.46 bits per heavy atom. The zero-order valence-corrected chi connectivity index (χ0v) is 19.5. The molecule has 3 aromatic carbocycles. The lowest BCUT2D eigenvalue weighted by molar-refractivity contribution is -0.140. The molecule has 1 saturated heterocycles. The molecule has 2 aliphatic rings. The highest BCUT2D eigenvalue weighted by Gasteiger charge is 2.23. The van der Waals surface area contributed by atoms with E-state index in [1.807, 2.05) is 54.6 Å². The lowest BCUT2D eigenvalue weighted by Gasteiger charge is -2.28. The van der Waals surface area contributed by atoms with E-state index in [2.05, 4.69) is 20.7 Å². The van der Waals surface area contributed by atoms with Crippen molar-refractivity contribution in [2.75, 3.05) is 31.2 Å². The van der Waals surface area contributed by atoms with Crippen LogP contribution in [0.25, 0.3) is 21.8 Å². The molecule has 3 heterocycles. The van der Waals surface area contributed by atoms with Crippen LogP contribution in [0.5, 0.6) is 0 Å². The number of hydrogen-bond acceptors (Lipinski definition) is 6. The van der Waals surface area contributed by atoms with Gasteiger partial charge in [-0.1, -0.05) is 23.4 Å². The minimum absolute atomic E-state index is 0.00413. The highest BCUT2D eigenvalue weighted by Crippen LogP contribution is 2.35. The molecule has 1 fully saturated rings. The Morgan fingerprint density at radius 1 is 0.914 bits per heavy atom. The Morgan fingerprint density at radius 2 is 1.69 bits per heavy atom. The topological polar surface area (TPSA) is 73.1 Å². The van der Waals surface area contributed by atoms with E-state index < -0.39 is 5.97 Å². The maximum Gasteiger partial charge on any atom is 0.331 e. The van der Waals surface area contributed by atoms with Crippen LogP contribution in [0.2, 0.25) is 0 Å². The Labute approximate surface area is 202 Å². The van der Waals surface area contributed by atoms with Gasteiger partial charge in [0.1, 0.15) is 0 Å². The van der Waals surface area contributed by atoms with Crippen LogP contribution in [0.15, 0.2) is 65.8 Å². The largest absolute Gasteiger partial charge is 0.378 e. The molecule has 0 radical (unpaired) electrons. The number of morpholine rings is 1. The third-order valence-corrected chi connectivity index (χ3v) is 6.82. The molecule has 0 unspecified atom stereocenters. The van der Waals surface area contributed by atoms with Gasteiger partial charge in [-0.2, -0.15) is 0 Å². The molecule has 0 amide bonds. The molecule has 7 heteroatoms. The van der Waals surface area contributed by atoms with Gasteiger partial charge < -0.3 is 19.0 Å². The highest BCUT2D eigenvalue weighted by molar-refractivity contribution is 6.20. The first-order chi connectivity index (χ1) is 17.1. The zero-order valence-electron chi connectivity index (χ0n) is 19.5. The molecule has 0 spiro atoms. The van der Waals surface area contributed by atoms with Crippen molar-refractivity contribution < 1.29 is 19.2 Å². The number of carbonyl (C=O) groups excluding carboxylic acids is 2. The van der Waals surface area contributed by atoms with E-state index in [1.165, 1.54) is 6.92 Å². The molecular formula is C28H25N3O4. The fourth-order valence-corrected chi connectivity index (χ4v) is 5.14. The second-order valence-electron chi connectivity index (χ2n) is 8.93. The van der Waals surface area contributed by atoms with Crippen molar-refractivity contribution in [1.29, 1.82) is 0 Å². The van der Waals surface area contributed by atoms with Gasteiger partial charge in [0.15, 0.2) is 5.78 Å². The lowest BCUT2D eigenvalue weighted by atomic mass is 9.99. The van der Waals surface area contributed by atoms with Gasteiger partial charge in [-0.15, -0.1) is 0 Å². The van der Waals surface area contributed by atoms with Gasteiger partial charge >= 0.3 is 5.97 Å². The first-order valence-electron chi connectivity index (χ1n) is 11.9. The number of fused-ring (bicyclic) bond motifs is 3. The molecule has 35 heavy (non-hydrogen) atoms. The quantitative estimate of drug-likeness (QED) is 0.250. The molecule has 176 valence electrons. The molecule has 0 N–H and O–H groups in total. The number of anilines is 1. The second kappa shape index (κ2) is 8.67. The van der Waals surface area contributed by atoms with Crippen LogP contribution in [-0.4, -0.2) is 48.3 Å². The van der Waals surface area contributed by atoms with Crippen LogP contribution in [0.3, 0.4) is 0 Å². The lowest BCUT2D eigenvalue weighted by Crippen LogP contribution is -2.36. The Balaban J connectivity index is 1.37. The Bertz CT molecular complexity index is 1490. The Hall–Kier alpha value is -3.97. The summed E-state index contributed by atoms with van der Waals surface area (Å²) in [6, 6.07) is 19.8. The number of carbonyl (C=O) groups is 2. The van der Waals surface area contributed by atoms with Crippen molar-refractivity contribution in [2.45, 2.75) is 19.9 Å². The molecule has 4 aromatic rings. The summed E-state index contributed by atoms with van der Waals surface area (Å²) in [5.74, 6) is -0.429. The van der Waals surface area contributed by atoms with Gasteiger partial charge in [0.05, 0.1) is 24.4 Å². The third-order valence-electron chi connectivity index (χ3n) is 6.82. The summed E-state index contributed by atoms with van der Waals surface area (Å²) in [4.78, 5) is 31.8. The molecule has 7 nitrogen and oxygen atoms in total. The maximum absolute atomic E-state index is 13.4. The molecule has 2 aliphatic heterocycles. The molecule has 0 aliphatic carbocycles. The number of rotatable bonds is 4. The zero-order chi connectivity index (χ0) is 23.9. The van der Waals surface area contributed by atoms with Crippen molar-refractivity contribution in [3.8, 4) is 0 Å². The number of aromatic nitrogens is 1. The third kappa shape index (κ3) is 3.78. The minimum Gasteiger partial charge on any atom is -0.378 e. The van der Waals surface area contributed by atoms with Gasteiger partial charge in [0.2, 0.25) is 0 Å². The number of benzene rings is 3. The number of ketones is 1. The fourth-order valence-electron chi connectivity index (χ4n) is 5.14.